The Kier molecular flexibility index (Phi) is 7.38. The van der Waals surface area contributed by atoms with E-state index in [1.54, 1.807) is 11.5 Å². The van der Waals surface area contributed by atoms with Gasteiger partial charge in [0.1, 0.15) is 11.1 Å². The molecule has 31 heavy (non-hydrogen) atoms. The van der Waals surface area contributed by atoms with Gasteiger partial charge in [0.05, 0.1) is 0 Å². The summed E-state index contributed by atoms with van der Waals surface area (Å²) >= 11 is 0. The number of hydrogen-bond acceptors (Lipinski definition) is 3. The molecule has 6 heteroatoms. The third-order valence-corrected chi connectivity index (χ3v) is 5.05. The van der Waals surface area contributed by atoms with Crippen LogP contribution >= 0.6 is 0 Å². The van der Waals surface area contributed by atoms with E-state index in [0.29, 0.717) is 19.6 Å². The second kappa shape index (κ2) is 10.4. The molecule has 1 atom stereocenters. The maximum atomic E-state index is 12.9. The van der Waals surface area contributed by atoms with Crippen molar-refractivity contribution in [3.8, 4) is 0 Å². The predicted molar refractivity (Wildman–Crippen MR) is 121 cm³/mol. The Morgan fingerprint density at radius 1 is 0.871 bits per heavy atom. The number of nitrogens with zero attached hydrogens (tertiary/aromatic N) is 1. The number of benzene rings is 2. The molecule has 3 aromatic rings. The predicted octanol–water partition coefficient (Wildman–Crippen LogP) is 3.18. The van der Waals surface area contributed by atoms with Crippen LogP contribution in [0.4, 0.5) is 0 Å². The maximum absolute atomic E-state index is 12.9. The van der Waals surface area contributed by atoms with Crippen molar-refractivity contribution in [3.63, 3.8) is 0 Å². The van der Waals surface area contributed by atoms with Crippen molar-refractivity contribution in [1.29, 1.82) is 0 Å². The van der Waals surface area contributed by atoms with E-state index in [9.17, 15) is 14.4 Å². The molecule has 0 aliphatic rings. The molecular formula is C25H27N3O3. The molecule has 3 rings (SSSR count). The van der Waals surface area contributed by atoms with Crippen molar-refractivity contribution in [2.75, 3.05) is 13.1 Å². The van der Waals surface area contributed by atoms with E-state index in [1.807, 2.05) is 67.6 Å². The van der Waals surface area contributed by atoms with Crippen molar-refractivity contribution < 1.29 is 9.59 Å². The topological polar surface area (TPSA) is 80.2 Å². The van der Waals surface area contributed by atoms with Crippen LogP contribution < -0.4 is 16.1 Å². The van der Waals surface area contributed by atoms with Gasteiger partial charge in [-0.15, -0.1) is 0 Å². The number of nitrogens with one attached hydrogen (secondary N) is 2. The lowest BCUT2D eigenvalue weighted by Crippen LogP contribution is -2.36. The smallest absolute Gasteiger partial charge is 0.256 e. The highest BCUT2D eigenvalue weighted by Gasteiger charge is 2.19. The summed E-state index contributed by atoms with van der Waals surface area (Å²) in [4.78, 5) is 38.2. The summed E-state index contributed by atoms with van der Waals surface area (Å²) in [5, 5.41) is 5.49. The molecular weight excluding hydrogens is 390 g/mol. The van der Waals surface area contributed by atoms with Crippen LogP contribution in [0.15, 0.2) is 77.9 Å². The van der Waals surface area contributed by atoms with Crippen LogP contribution in [0.1, 0.15) is 51.6 Å². The molecule has 160 valence electrons. The van der Waals surface area contributed by atoms with Crippen LogP contribution in [0.2, 0.25) is 0 Å². The number of amides is 2. The molecule has 0 unspecified atom stereocenters. The molecule has 0 saturated heterocycles. The zero-order valence-electron chi connectivity index (χ0n) is 17.8. The van der Waals surface area contributed by atoms with Gasteiger partial charge in [-0.3, -0.25) is 14.4 Å². The maximum Gasteiger partial charge on any atom is 0.256 e. The van der Waals surface area contributed by atoms with Gasteiger partial charge in [0.25, 0.3) is 11.8 Å². The van der Waals surface area contributed by atoms with Gasteiger partial charge in [0.15, 0.2) is 0 Å². The molecule has 1 aromatic heterocycles. The summed E-state index contributed by atoms with van der Waals surface area (Å²) in [7, 11) is 0. The summed E-state index contributed by atoms with van der Waals surface area (Å²) in [5.41, 5.74) is 1.44. The first-order valence-corrected chi connectivity index (χ1v) is 10.4. The number of carbonyl (C=O) groups is 2. The number of hydrogen-bond donors (Lipinski definition) is 2. The molecule has 0 fully saturated rings. The van der Waals surface area contributed by atoms with Crippen LogP contribution in [-0.4, -0.2) is 29.5 Å². The van der Waals surface area contributed by atoms with Crippen LogP contribution in [-0.2, 0) is 6.54 Å². The number of carbonyl (C=O) groups excluding carboxylic acids is 2. The van der Waals surface area contributed by atoms with Gasteiger partial charge in [-0.1, -0.05) is 67.6 Å². The quantitative estimate of drug-likeness (QED) is 0.591. The lowest BCUT2D eigenvalue weighted by atomic mass is 10.0. The van der Waals surface area contributed by atoms with Crippen LogP contribution in [0.25, 0.3) is 0 Å². The van der Waals surface area contributed by atoms with Crippen LogP contribution in [0, 0.1) is 0 Å². The standard InChI is InChI=1S/C25H27N3O3/c1-3-26-24(30)21-16-28(15-19-10-6-4-7-11-19)17-22(23(21)29)25(31)27-14-18(2)20-12-8-5-9-13-20/h4-13,16-18H,3,14-15H2,1-2H3,(H,26,30)(H,27,31)/t18-/m0/s1. The summed E-state index contributed by atoms with van der Waals surface area (Å²) < 4.78 is 1.71. The number of rotatable bonds is 8. The second-order valence-electron chi connectivity index (χ2n) is 7.45. The first kappa shape index (κ1) is 22.0. The third-order valence-electron chi connectivity index (χ3n) is 5.05. The minimum absolute atomic E-state index is 0.0402. The van der Waals surface area contributed by atoms with Gasteiger partial charge in [-0.2, -0.15) is 0 Å². The Morgan fingerprint density at radius 2 is 1.42 bits per heavy atom. The fraction of sp³-hybridized carbons (Fsp3) is 0.240. The van der Waals surface area contributed by atoms with Gasteiger partial charge in [-0.05, 0) is 24.0 Å². The van der Waals surface area contributed by atoms with E-state index in [1.165, 1.54) is 12.4 Å². The first-order valence-electron chi connectivity index (χ1n) is 10.4. The molecule has 2 N–H and O–H groups in total. The van der Waals surface area contributed by atoms with E-state index < -0.39 is 17.2 Å². The van der Waals surface area contributed by atoms with E-state index in [4.69, 9.17) is 0 Å². The Bertz CT molecular complexity index is 1090. The van der Waals surface area contributed by atoms with Crippen molar-refractivity contribution in [2.24, 2.45) is 0 Å². The average molecular weight is 418 g/mol. The summed E-state index contributed by atoms with van der Waals surface area (Å²) in [6.45, 7) is 5.00. The molecule has 2 amide bonds. The zero-order chi connectivity index (χ0) is 22.2. The van der Waals surface area contributed by atoms with E-state index in [2.05, 4.69) is 10.6 Å². The molecule has 1 heterocycles. The molecule has 0 saturated carbocycles. The average Bonchev–Trinajstić information content (AvgIpc) is 2.79. The SMILES string of the molecule is CCNC(=O)c1cn(Cc2ccccc2)cc(C(=O)NC[C@H](C)c2ccccc2)c1=O. The molecule has 0 aliphatic heterocycles. The summed E-state index contributed by atoms with van der Waals surface area (Å²) in [5.74, 6) is -0.884. The molecule has 0 bridgehead atoms. The minimum atomic E-state index is -0.569. The highest BCUT2D eigenvalue weighted by Crippen LogP contribution is 2.13. The lowest BCUT2D eigenvalue weighted by molar-refractivity contribution is 0.0949. The van der Waals surface area contributed by atoms with Crippen LogP contribution in [0.5, 0.6) is 0 Å². The highest BCUT2D eigenvalue weighted by atomic mass is 16.2. The van der Waals surface area contributed by atoms with Crippen molar-refractivity contribution in [1.82, 2.24) is 15.2 Å². The Labute approximate surface area is 181 Å². The van der Waals surface area contributed by atoms with Crippen molar-refractivity contribution in [2.45, 2.75) is 26.3 Å². The Balaban J connectivity index is 1.87. The van der Waals surface area contributed by atoms with Gasteiger partial charge in [0.2, 0.25) is 5.43 Å². The fourth-order valence-corrected chi connectivity index (χ4v) is 3.34. The number of pyridine rings is 1. The minimum Gasteiger partial charge on any atom is -0.352 e. The summed E-state index contributed by atoms with van der Waals surface area (Å²) in [6, 6.07) is 19.5. The van der Waals surface area contributed by atoms with E-state index in [-0.39, 0.29) is 17.0 Å². The van der Waals surface area contributed by atoms with Gasteiger partial charge in [-0.25, -0.2) is 0 Å². The van der Waals surface area contributed by atoms with E-state index in [0.717, 1.165) is 11.1 Å². The molecule has 2 aromatic carbocycles. The molecule has 0 radical (unpaired) electrons. The second-order valence-corrected chi connectivity index (χ2v) is 7.45. The van der Waals surface area contributed by atoms with Gasteiger partial charge < -0.3 is 15.2 Å². The Morgan fingerprint density at radius 3 is 2.00 bits per heavy atom. The Hall–Kier alpha value is -3.67. The highest BCUT2D eigenvalue weighted by molar-refractivity contribution is 5.99. The third kappa shape index (κ3) is 5.69. The van der Waals surface area contributed by atoms with E-state index >= 15 is 0 Å². The van der Waals surface area contributed by atoms with Crippen molar-refractivity contribution >= 4 is 11.8 Å². The monoisotopic (exact) mass is 417 g/mol. The fourth-order valence-electron chi connectivity index (χ4n) is 3.34. The van der Waals surface area contributed by atoms with Crippen molar-refractivity contribution in [3.05, 3.63) is 106 Å². The zero-order valence-corrected chi connectivity index (χ0v) is 17.8. The molecule has 0 aliphatic carbocycles. The van der Waals surface area contributed by atoms with Gasteiger partial charge in [0, 0.05) is 32.0 Å². The molecule has 6 nitrogen and oxygen atoms in total. The summed E-state index contributed by atoms with van der Waals surface area (Å²) in [6.07, 6.45) is 3.02. The first-order chi connectivity index (χ1) is 15.0. The normalized spacial score (nSPS) is 11.5. The van der Waals surface area contributed by atoms with Crippen LogP contribution in [0.3, 0.4) is 0 Å². The number of aromatic nitrogens is 1. The van der Waals surface area contributed by atoms with Gasteiger partial charge >= 0.3 is 0 Å². The molecule has 0 spiro atoms. The lowest BCUT2D eigenvalue weighted by Gasteiger charge is -2.15. The largest absolute Gasteiger partial charge is 0.352 e.